The van der Waals surface area contributed by atoms with Crippen LogP contribution in [-0.4, -0.2) is 11.1 Å². The highest BCUT2D eigenvalue weighted by Crippen LogP contribution is 2.41. The highest BCUT2D eigenvalue weighted by Gasteiger charge is 2.40. The molecule has 1 N–H and O–H groups in total. The van der Waals surface area contributed by atoms with Crippen molar-refractivity contribution in [3.8, 4) is 0 Å². The van der Waals surface area contributed by atoms with Gasteiger partial charge in [-0.05, 0) is 47.7 Å². The third kappa shape index (κ3) is 3.64. The number of halogens is 4. The van der Waals surface area contributed by atoms with Crippen molar-refractivity contribution in [1.82, 2.24) is 0 Å². The Labute approximate surface area is 154 Å². The number of amidine groups is 1. The summed E-state index contributed by atoms with van der Waals surface area (Å²) in [5.41, 5.74) is -0.562. The molecule has 0 aromatic heterocycles. The van der Waals surface area contributed by atoms with Crippen LogP contribution in [0.5, 0.6) is 0 Å². The Hall–Kier alpha value is -2.06. The summed E-state index contributed by atoms with van der Waals surface area (Å²) < 4.78 is 40.5. The van der Waals surface area contributed by atoms with Gasteiger partial charge >= 0.3 is 6.18 Å². The lowest BCUT2D eigenvalue weighted by molar-refractivity contribution is -0.137. The van der Waals surface area contributed by atoms with Crippen molar-refractivity contribution >= 4 is 50.5 Å². The van der Waals surface area contributed by atoms with Crippen LogP contribution < -0.4 is 4.90 Å². The zero-order valence-corrected chi connectivity index (χ0v) is 14.9. The van der Waals surface area contributed by atoms with Crippen molar-refractivity contribution in [3.05, 3.63) is 69.0 Å². The molecule has 3 nitrogen and oxygen atoms in total. The molecule has 2 aromatic rings. The van der Waals surface area contributed by atoms with Gasteiger partial charge in [0.05, 0.1) is 16.2 Å². The Balaban J connectivity index is 1.99. The van der Waals surface area contributed by atoms with E-state index in [0.717, 1.165) is 32.8 Å². The molecule has 0 bridgehead atoms. The first-order valence-corrected chi connectivity index (χ1v) is 8.62. The van der Waals surface area contributed by atoms with Crippen LogP contribution in [0.1, 0.15) is 11.1 Å². The number of hydrogen-bond acceptors (Lipinski definition) is 3. The van der Waals surface area contributed by atoms with E-state index in [4.69, 9.17) is 5.41 Å². The van der Waals surface area contributed by atoms with Crippen LogP contribution >= 0.6 is 27.7 Å². The molecule has 0 spiro atoms. The normalized spacial score (nSPS) is 16.8. The van der Waals surface area contributed by atoms with Crippen molar-refractivity contribution in [2.75, 3.05) is 4.90 Å². The number of amides is 1. The number of nitrogens with one attached hydrogen (secondary N) is 1. The van der Waals surface area contributed by atoms with E-state index in [1.807, 2.05) is 0 Å². The lowest BCUT2D eigenvalue weighted by Crippen LogP contribution is -2.30. The Morgan fingerprint density at radius 3 is 2.36 bits per heavy atom. The van der Waals surface area contributed by atoms with Gasteiger partial charge in [0.2, 0.25) is 0 Å². The summed E-state index contributed by atoms with van der Waals surface area (Å²) in [6, 6.07) is 11.9. The monoisotopic (exact) mass is 426 g/mol. The van der Waals surface area contributed by atoms with Crippen molar-refractivity contribution in [2.24, 2.45) is 0 Å². The maximum absolute atomic E-state index is 13.2. The van der Waals surface area contributed by atoms with Crippen molar-refractivity contribution in [3.63, 3.8) is 0 Å². The van der Waals surface area contributed by atoms with E-state index in [1.54, 1.807) is 30.3 Å². The summed E-state index contributed by atoms with van der Waals surface area (Å²) in [6.45, 7) is 0. The molecule has 0 saturated carbocycles. The number of benzene rings is 2. The van der Waals surface area contributed by atoms with Gasteiger partial charge in [0.1, 0.15) is 0 Å². The summed E-state index contributed by atoms with van der Waals surface area (Å²) >= 11 is 4.14. The summed E-state index contributed by atoms with van der Waals surface area (Å²) in [5, 5.41) is 7.70. The standard InChI is InChI=1S/C17H10BrF3N2OS/c18-11-7-5-10(6-8-11)9-14-15(24)23(16(22)25-14)13-4-2-1-3-12(13)17(19,20)21/h1-9,22H/b14-9-,22-16?. The predicted molar refractivity (Wildman–Crippen MR) is 96.4 cm³/mol. The zero-order chi connectivity index (χ0) is 18.2. The molecule has 1 saturated heterocycles. The first-order valence-electron chi connectivity index (χ1n) is 7.02. The fourth-order valence-corrected chi connectivity index (χ4v) is 3.44. The second kappa shape index (κ2) is 6.68. The molecule has 2 aromatic carbocycles. The molecular formula is C17H10BrF3N2OS. The van der Waals surface area contributed by atoms with E-state index in [0.29, 0.717) is 0 Å². The van der Waals surface area contributed by atoms with E-state index in [-0.39, 0.29) is 15.8 Å². The number of alkyl halides is 3. The molecule has 1 aliphatic heterocycles. The molecule has 3 rings (SSSR count). The highest BCUT2D eigenvalue weighted by molar-refractivity contribution is 9.10. The number of thioether (sulfide) groups is 1. The molecule has 1 fully saturated rings. The van der Waals surface area contributed by atoms with E-state index in [2.05, 4.69) is 15.9 Å². The smallest absolute Gasteiger partial charge is 0.278 e. The van der Waals surface area contributed by atoms with Gasteiger partial charge in [-0.1, -0.05) is 40.2 Å². The fraction of sp³-hybridized carbons (Fsp3) is 0.0588. The molecule has 0 atom stereocenters. The second-order valence-electron chi connectivity index (χ2n) is 5.12. The largest absolute Gasteiger partial charge is 0.418 e. The molecule has 128 valence electrons. The minimum absolute atomic E-state index is 0.198. The number of anilines is 1. The maximum Gasteiger partial charge on any atom is 0.418 e. The molecule has 0 aliphatic carbocycles. The third-order valence-electron chi connectivity index (χ3n) is 3.44. The number of hydrogen-bond donors (Lipinski definition) is 1. The fourth-order valence-electron chi connectivity index (χ4n) is 2.32. The Morgan fingerprint density at radius 2 is 1.72 bits per heavy atom. The summed E-state index contributed by atoms with van der Waals surface area (Å²) in [7, 11) is 0. The average molecular weight is 427 g/mol. The van der Waals surface area contributed by atoms with Crippen molar-refractivity contribution < 1.29 is 18.0 Å². The number of carbonyl (C=O) groups is 1. The predicted octanol–water partition coefficient (Wildman–Crippen LogP) is 5.52. The van der Waals surface area contributed by atoms with E-state index in [1.165, 1.54) is 18.2 Å². The van der Waals surface area contributed by atoms with E-state index in [9.17, 15) is 18.0 Å². The van der Waals surface area contributed by atoms with E-state index < -0.39 is 17.6 Å². The van der Waals surface area contributed by atoms with Gasteiger partial charge in [0.25, 0.3) is 5.91 Å². The van der Waals surface area contributed by atoms with Gasteiger partial charge < -0.3 is 0 Å². The summed E-state index contributed by atoms with van der Waals surface area (Å²) in [4.78, 5) is 13.6. The Kier molecular flexibility index (Phi) is 4.75. The first-order chi connectivity index (χ1) is 11.8. The number of nitrogens with zero attached hydrogens (tertiary/aromatic N) is 1. The third-order valence-corrected chi connectivity index (χ3v) is 4.86. The SMILES string of the molecule is N=C1S/C(=C\c2ccc(Br)cc2)C(=O)N1c1ccccc1C(F)(F)F. The van der Waals surface area contributed by atoms with Gasteiger partial charge in [-0.15, -0.1) is 0 Å². The Bertz CT molecular complexity index is 878. The lowest BCUT2D eigenvalue weighted by Gasteiger charge is -2.19. The molecule has 0 unspecified atom stereocenters. The van der Waals surface area contributed by atoms with Crippen LogP contribution in [0.4, 0.5) is 18.9 Å². The molecule has 1 aliphatic rings. The van der Waals surface area contributed by atoms with Gasteiger partial charge in [-0.25, -0.2) is 0 Å². The van der Waals surface area contributed by atoms with Crippen LogP contribution in [0, 0.1) is 5.41 Å². The average Bonchev–Trinajstić information content (AvgIpc) is 2.83. The lowest BCUT2D eigenvalue weighted by atomic mass is 10.1. The van der Waals surface area contributed by atoms with Gasteiger partial charge in [0, 0.05) is 4.47 Å². The van der Waals surface area contributed by atoms with Gasteiger partial charge in [-0.2, -0.15) is 13.2 Å². The first kappa shape index (κ1) is 17.8. The molecule has 8 heteroatoms. The molecule has 0 radical (unpaired) electrons. The summed E-state index contributed by atoms with van der Waals surface area (Å²) in [5.74, 6) is -0.644. The van der Waals surface area contributed by atoms with Crippen LogP contribution in [0.25, 0.3) is 6.08 Å². The molecule has 1 heterocycles. The number of para-hydroxylation sites is 1. The number of carbonyl (C=O) groups excluding carboxylic acids is 1. The zero-order valence-electron chi connectivity index (χ0n) is 12.5. The van der Waals surface area contributed by atoms with Crippen LogP contribution in [0.2, 0.25) is 0 Å². The topological polar surface area (TPSA) is 44.2 Å². The summed E-state index contributed by atoms with van der Waals surface area (Å²) in [6.07, 6.45) is -3.05. The van der Waals surface area contributed by atoms with Crippen molar-refractivity contribution in [1.29, 1.82) is 5.41 Å². The van der Waals surface area contributed by atoms with Gasteiger partial charge in [-0.3, -0.25) is 15.1 Å². The minimum atomic E-state index is -4.61. The Morgan fingerprint density at radius 1 is 1.08 bits per heavy atom. The van der Waals surface area contributed by atoms with Crippen LogP contribution in [-0.2, 0) is 11.0 Å². The van der Waals surface area contributed by atoms with Crippen LogP contribution in [0.15, 0.2) is 57.9 Å². The molecular weight excluding hydrogens is 417 g/mol. The van der Waals surface area contributed by atoms with Crippen LogP contribution in [0.3, 0.4) is 0 Å². The molecule has 25 heavy (non-hydrogen) atoms. The maximum atomic E-state index is 13.2. The highest BCUT2D eigenvalue weighted by atomic mass is 79.9. The minimum Gasteiger partial charge on any atom is -0.278 e. The quantitative estimate of drug-likeness (QED) is 0.642. The molecule has 1 amide bonds. The van der Waals surface area contributed by atoms with E-state index >= 15 is 0 Å². The van der Waals surface area contributed by atoms with Gasteiger partial charge in [0.15, 0.2) is 5.17 Å². The number of rotatable bonds is 2. The van der Waals surface area contributed by atoms with Crippen molar-refractivity contribution in [2.45, 2.75) is 6.18 Å². The second-order valence-corrected chi connectivity index (χ2v) is 7.07.